The molecule has 3 heterocycles. The third kappa shape index (κ3) is 7.79. The molecule has 2 N–H and O–H groups in total. The number of nitrogens with one attached hydrogen (secondary N) is 2. The molecule has 1 aromatic carbocycles. The van der Waals surface area contributed by atoms with Gasteiger partial charge >= 0.3 is 12.1 Å². The van der Waals surface area contributed by atoms with Gasteiger partial charge in [0.2, 0.25) is 0 Å². The number of nitrogens with zero attached hydrogens (tertiary/aromatic N) is 5. The number of aromatic nitrogens is 3. The van der Waals surface area contributed by atoms with Crippen molar-refractivity contribution in [3.63, 3.8) is 0 Å². The molecule has 12 heteroatoms. The van der Waals surface area contributed by atoms with E-state index in [1.54, 1.807) is 37.8 Å². The molecule has 41 heavy (non-hydrogen) atoms. The Balaban J connectivity index is 1.66. The molecule has 1 fully saturated rings. The summed E-state index contributed by atoms with van der Waals surface area (Å²) < 4.78 is 12.5. The zero-order valence-corrected chi connectivity index (χ0v) is 25.0. The highest BCUT2D eigenvalue weighted by Gasteiger charge is 2.29. The largest absolute Gasteiger partial charge is 0.455 e. The van der Waals surface area contributed by atoms with E-state index in [9.17, 15) is 14.9 Å². The fourth-order valence-electron chi connectivity index (χ4n) is 4.42. The van der Waals surface area contributed by atoms with Crippen LogP contribution in [0.1, 0.15) is 76.0 Å². The van der Waals surface area contributed by atoms with Crippen LogP contribution in [0.2, 0.25) is 5.02 Å². The Morgan fingerprint density at radius 3 is 2.54 bits per heavy atom. The summed E-state index contributed by atoms with van der Waals surface area (Å²) in [7, 11) is 0. The fraction of sp³-hybridized carbons (Fsp3) is 0.483. The minimum Gasteiger partial charge on any atom is -0.455 e. The molecule has 1 amide bonds. The van der Waals surface area contributed by atoms with E-state index in [1.807, 2.05) is 39.0 Å². The number of anilines is 2. The first kappa shape index (κ1) is 29.9. The fourth-order valence-corrected chi connectivity index (χ4v) is 4.64. The number of nitriles is 1. The van der Waals surface area contributed by atoms with Gasteiger partial charge in [0.05, 0.1) is 0 Å². The molecule has 0 unspecified atom stereocenters. The molecule has 1 aliphatic heterocycles. The van der Waals surface area contributed by atoms with E-state index in [4.69, 9.17) is 21.1 Å². The van der Waals surface area contributed by atoms with E-state index in [0.29, 0.717) is 30.5 Å². The topological polar surface area (TPSA) is 134 Å². The van der Waals surface area contributed by atoms with E-state index in [0.717, 1.165) is 18.4 Å². The Bertz CT molecular complexity index is 1480. The van der Waals surface area contributed by atoms with E-state index in [2.05, 4.69) is 26.8 Å². The van der Waals surface area contributed by atoms with Gasteiger partial charge in [0.1, 0.15) is 28.7 Å². The predicted octanol–water partition coefficient (Wildman–Crippen LogP) is 5.63. The lowest BCUT2D eigenvalue weighted by Crippen LogP contribution is -2.47. The molecule has 1 aliphatic rings. The van der Waals surface area contributed by atoms with Crippen LogP contribution in [0.25, 0.3) is 5.65 Å². The number of fused-ring (bicyclic) bond motifs is 1. The lowest BCUT2D eigenvalue weighted by Gasteiger charge is -2.34. The van der Waals surface area contributed by atoms with Crippen LogP contribution < -0.4 is 10.6 Å². The molecule has 4 rings (SSSR count). The summed E-state index contributed by atoms with van der Waals surface area (Å²) in [4.78, 5) is 32.3. The lowest BCUT2D eigenvalue weighted by molar-refractivity contribution is 0.00590. The van der Waals surface area contributed by atoms with E-state index in [1.165, 1.54) is 4.52 Å². The molecule has 11 nitrogen and oxygen atoms in total. The van der Waals surface area contributed by atoms with Crippen LogP contribution in [0.15, 0.2) is 30.3 Å². The SMILES string of the molecule is CC(C)(C)OC(=O)c1cc(N[C@H]2CCCN(C(=O)OC(C)(C)C)C2)nc2c(C#N)c(NCc3cccc(Cl)c3)nn12. The van der Waals surface area contributed by atoms with Crippen molar-refractivity contribution in [3.8, 4) is 6.07 Å². The maximum absolute atomic E-state index is 13.3. The normalized spacial score (nSPS) is 15.8. The second-order valence-electron chi connectivity index (χ2n) is 12.0. The van der Waals surface area contributed by atoms with Crippen molar-refractivity contribution in [1.29, 1.82) is 5.26 Å². The summed E-state index contributed by atoms with van der Waals surface area (Å²) in [6.07, 6.45) is 1.18. The molecule has 0 radical (unpaired) electrons. The molecule has 1 saturated heterocycles. The summed E-state index contributed by atoms with van der Waals surface area (Å²) in [6, 6.07) is 10.9. The summed E-state index contributed by atoms with van der Waals surface area (Å²) in [5.74, 6) is 0.0308. The number of hydrogen-bond acceptors (Lipinski definition) is 9. The van der Waals surface area contributed by atoms with Crippen molar-refractivity contribution in [1.82, 2.24) is 19.5 Å². The van der Waals surface area contributed by atoms with Crippen molar-refractivity contribution in [3.05, 3.63) is 52.2 Å². The third-order valence-corrected chi connectivity index (χ3v) is 6.32. The number of amides is 1. The van der Waals surface area contributed by atoms with Gasteiger partial charge in [-0.25, -0.2) is 19.1 Å². The van der Waals surface area contributed by atoms with E-state index < -0.39 is 17.2 Å². The summed E-state index contributed by atoms with van der Waals surface area (Å²) in [6.45, 7) is 12.2. The highest BCUT2D eigenvalue weighted by Crippen LogP contribution is 2.26. The van der Waals surface area contributed by atoms with Crippen LogP contribution in [0.5, 0.6) is 0 Å². The molecule has 0 bridgehead atoms. The number of rotatable bonds is 6. The number of hydrogen-bond donors (Lipinski definition) is 2. The Kier molecular flexibility index (Phi) is 8.63. The van der Waals surface area contributed by atoms with E-state index >= 15 is 0 Å². The quantitative estimate of drug-likeness (QED) is 0.355. The van der Waals surface area contributed by atoms with Gasteiger partial charge in [-0.1, -0.05) is 23.7 Å². The first-order valence-electron chi connectivity index (χ1n) is 13.5. The van der Waals surface area contributed by atoms with Crippen molar-refractivity contribution in [2.75, 3.05) is 23.7 Å². The monoisotopic (exact) mass is 581 g/mol. The second-order valence-corrected chi connectivity index (χ2v) is 12.4. The van der Waals surface area contributed by atoms with Gasteiger partial charge in [-0.3, -0.25) is 0 Å². The molecule has 0 aliphatic carbocycles. The second kappa shape index (κ2) is 11.8. The van der Waals surface area contributed by atoms with Crippen molar-refractivity contribution >= 4 is 40.9 Å². The Labute approximate surface area is 244 Å². The van der Waals surface area contributed by atoms with Gasteiger partial charge in [0, 0.05) is 36.8 Å². The zero-order chi connectivity index (χ0) is 29.9. The van der Waals surface area contributed by atoms with Gasteiger partial charge < -0.3 is 25.0 Å². The van der Waals surface area contributed by atoms with Crippen molar-refractivity contribution in [2.24, 2.45) is 0 Å². The van der Waals surface area contributed by atoms with Gasteiger partial charge in [-0.2, -0.15) is 5.26 Å². The average Bonchev–Trinajstić information content (AvgIpc) is 3.22. The zero-order valence-electron chi connectivity index (χ0n) is 24.2. The minimum absolute atomic E-state index is 0.111. The average molecular weight is 582 g/mol. The van der Waals surface area contributed by atoms with Crippen LogP contribution in [0.3, 0.4) is 0 Å². The van der Waals surface area contributed by atoms with Gasteiger partial charge in [0.15, 0.2) is 17.2 Å². The summed E-state index contributed by atoms with van der Waals surface area (Å²) in [5, 5.41) is 21.7. The highest BCUT2D eigenvalue weighted by molar-refractivity contribution is 6.30. The lowest BCUT2D eigenvalue weighted by atomic mass is 10.1. The van der Waals surface area contributed by atoms with Crippen LogP contribution in [0, 0.1) is 11.3 Å². The number of piperidine rings is 1. The van der Waals surface area contributed by atoms with Crippen molar-refractivity contribution in [2.45, 2.75) is 78.2 Å². The summed E-state index contributed by atoms with van der Waals surface area (Å²) >= 11 is 6.11. The molecule has 0 spiro atoms. The molecule has 218 valence electrons. The molecular formula is C29H36ClN7O4. The van der Waals surface area contributed by atoms with Crippen LogP contribution >= 0.6 is 11.6 Å². The van der Waals surface area contributed by atoms with Gasteiger partial charge in [-0.05, 0) is 72.1 Å². The number of carbonyl (C=O) groups is 2. The molecule has 1 atom stereocenters. The number of carbonyl (C=O) groups excluding carboxylic acids is 2. The Hall–Kier alpha value is -4.04. The van der Waals surface area contributed by atoms with Gasteiger partial charge in [0.25, 0.3) is 0 Å². The Morgan fingerprint density at radius 1 is 1.15 bits per heavy atom. The number of ether oxygens (including phenoxy) is 2. The van der Waals surface area contributed by atoms with Crippen LogP contribution in [-0.2, 0) is 16.0 Å². The highest BCUT2D eigenvalue weighted by atomic mass is 35.5. The molecule has 3 aromatic rings. The predicted molar refractivity (Wildman–Crippen MR) is 156 cm³/mol. The first-order chi connectivity index (χ1) is 19.2. The number of halogens is 1. The van der Waals surface area contributed by atoms with E-state index in [-0.39, 0.29) is 34.9 Å². The smallest absolute Gasteiger partial charge is 0.410 e. The van der Waals surface area contributed by atoms with Gasteiger partial charge in [-0.15, -0.1) is 5.10 Å². The van der Waals surface area contributed by atoms with Crippen molar-refractivity contribution < 1.29 is 19.1 Å². The number of benzene rings is 1. The standard InChI is InChI=1S/C29H36ClN7O4/c1-28(2,3)40-26(38)22-14-23(33-20-11-8-12-36(17-20)27(39)41-29(4,5)6)34-25-21(15-31)24(35-37(22)25)32-16-18-9-7-10-19(30)13-18/h7,9-10,13-14,20H,8,11-12,16-17H2,1-6H3,(H,32,35)(H,33,34)/t20-/m0/s1. The Morgan fingerprint density at radius 2 is 1.88 bits per heavy atom. The van der Waals surface area contributed by atoms with Crippen LogP contribution in [0.4, 0.5) is 16.4 Å². The number of likely N-dealkylation sites (tertiary alicyclic amines) is 1. The maximum atomic E-state index is 13.3. The first-order valence-corrected chi connectivity index (χ1v) is 13.9. The number of esters is 1. The summed E-state index contributed by atoms with van der Waals surface area (Å²) in [5.41, 5.74) is 0.0376. The molecule has 2 aromatic heterocycles. The minimum atomic E-state index is -0.754. The molecule has 0 saturated carbocycles. The molecular weight excluding hydrogens is 546 g/mol. The maximum Gasteiger partial charge on any atom is 0.410 e. The van der Waals surface area contributed by atoms with Crippen LogP contribution in [-0.4, -0.2) is 61.9 Å². The third-order valence-electron chi connectivity index (χ3n) is 6.08.